The van der Waals surface area contributed by atoms with E-state index in [1.54, 1.807) is 48.7 Å². The molecule has 13 nitrogen and oxygen atoms in total. The molecule has 0 aromatic heterocycles. The molecule has 2 aliphatic heterocycles. The van der Waals surface area contributed by atoms with Crippen LogP contribution in [0.15, 0.2) is 71.9 Å². The predicted molar refractivity (Wildman–Crippen MR) is 203 cm³/mol. The van der Waals surface area contributed by atoms with Gasteiger partial charge in [-0.2, -0.15) is 0 Å². The number of oxime groups is 1. The highest BCUT2D eigenvalue weighted by Crippen LogP contribution is 2.44. The summed E-state index contributed by atoms with van der Waals surface area (Å²) in [7, 11) is 9.54. The number of rotatable bonds is 18. The molecule has 4 aromatic rings. The van der Waals surface area contributed by atoms with Crippen LogP contribution in [-0.4, -0.2) is 67.5 Å². The molecule has 0 aliphatic carbocycles. The first-order valence-corrected chi connectivity index (χ1v) is 17.8. The van der Waals surface area contributed by atoms with E-state index in [2.05, 4.69) is 15.8 Å². The zero-order valence-electron chi connectivity index (χ0n) is 31.5. The van der Waals surface area contributed by atoms with Gasteiger partial charge in [0, 0.05) is 23.2 Å². The fourth-order valence-electron chi connectivity index (χ4n) is 6.47. The molecule has 0 bridgehead atoms. The summed E-state index contributed by atoms with van der Waals surface area (Å²) in [6.07, 6.45) is 3.40. The summed E-state index contributed by atoms with van der Waals surface area (Å²) in [6.45, 7) is 1.03. The standard InChI is InChI=1S/C41H47N3O10/c1-46-33-19-25(40-42-29-14-10-9-13-28(29)41(45)43-40)15-16-31(33)52-17-11-7-8-12-18-53-39-36(49-4)22-27(23-37(39)50-5)32-24-30(44-54-32)26-20-34(47-2)38(51-6)35(21-26)48-3/h9-10,13-16,19-23,32,40,42H,7-8,11-12,17-18,24H2,1-6H3,(H,43,45). The number of hydrogen-bond acceptors (Lipinski definition) is 12. The lowest BCUT2D eigenvalue weighted by Crippen LogP contribution is -2.38. The van der Waals surface area contributed by atoms with E-state index < -0.39 is 0 Å². The monoisotopic (exact) mass is 741 g/mol. The lowest BCUT2D eigenvalue weighted by Gasteiger charge is -2.28. The lowest BCUT2D eigenvalue weighted by atomic mass is 9.99. The van der Waals surface area contributed by atoms with Crippen LogP contribution >= 0.6 is 0 Å². The van der Waals surface area contributed by atoms with Crippen LogP contribution in [0.2, 0.25) is 0 Å². The summed E-state index contributed by atoms with van der Waals surface area (Å²) in [5.41, 5.74) is 4.68. The van der Waals surface area contributed by atoms with Crippen molar-refractivity contribution in [2.75, 3.05) is 61.2 Å². The number of nitrogens with one attached hydrogen (secondary N) is 2. The van der Waals surface area contributed by atoms with Crippen LogP contribution in [0.25, 0.3) is 0 Å². The highest BCUT2D eigenvalue weighted by atomic mass is 16.6. The average Bonchev–Trinajstić information content (AvgIpc) is 3.71. The lowest BCUT2D eigenvalue weighted by molar-refractivity contribution is 0.0852. The number of unbranched alkanes of at least 4 members (excludes halogenated alkanes) is 3. The van der Waals surface area contributed by atoms with Crippen LogP contribution in [0.5, 0.6) is 46.0 Å². The second kappa shape index (κ2) is 17.7. The van der Waals surface area contributed by atoms with Crippen LogP contribution in [0, 0.1) is 0 Å². The van der Waals surface area contributed by atoms with E-state index in [0.717, 1.165) is 53.8 Å². The minimum Gasteiger partial charge on any atom is -0.493 e. The molecule has 2 atom stereocenters. The molecule has 286 valence electrons. The van der Waals surface area contributed by atoms with Gasteiger partial charge in [-0.3, -0.25) is 4.79 Å². The number of amides is 1. The molecule has 2 unspecified atom stereocenters. The van der Waals surface area contributed by atoms with E-state index >= 15 is 0 Å². The topological polar surface area (TPSA) is 137 Å². The van der Waals surface area contributed by atoms with Gasteiger partial charge < -0.3 is 53.4 Å². The van der Waals surface area contributed by atoms with Gasteiger partial charge in [-0.25, -0.2) is 0 Å². The van der Waals surface area contributed by atoms with Crippen molar-refractivity contribution in [3.63, 3.8) is 0 Å². The van der Waals surface area contributed by atoms with E-state index in [-0.39, 0.29) is 18.2 Å². The molecule has 0 radical (unpaired) electrons. The molecule has 4 aromatic carbocycles. The summed E-state index contributed by atoms with van der Waals surface area (Å²) in [5.74, 6) is 4.37. The Labute approximate surface area is 315 Å². The van der Waals surface area contributed by atoms with Gasteiger partial charge in [-0.05, 0) is 79.8 Å². The van der Waals surface area contributed by atoms with Crippen molar-refractivity contribution in [3.05, 3.63) is 89.0 Å². The Hall–Kier alpha value is -5.98. The largest absolute Gasteiger partial charge is 0.493 e. The molecule has 54 heavy (non-hydrogen) atoms. The summed E-state index contributed by atoms with van der Waals surface area (Å²) in [4.78, 5) is 18.5. The molecule has 2 aliphatic rings. The van der Waals surface area contributed by atoms with Crippen LogP contribution in [0.3, 0.4) is 0 Å². The molecular formula is C41H47N3O10. The second-order valence-corrected chi connectivity index (χ2v) is 12.6. The quantitative estimate of drug-likeness (QED) is 0.0983. The fraction of sp³-hybridized carbons (Fsp3) is 0.366. The molecule has 6 rings (SSSR count). The van der Waals surface area contributed by atoms with Gasteiger partial charge in [-0.1, -0.05) is 23.4 Å². The maximum Gasteiger partial charge on any atom is 0.255 e. The highest BCUT2D eigenvalue weighted by Gasteiger charge is 2.29. The number of hydrogen-bond donors (Lipinski definition) is 2. The maximum absolute atomic E-state index is 12.6. The molecule has 0 saturated heterocycles. The van der Waals surface area contributed by atoms with Crippen molar-refractivity contribution in [2.45, 2.75) is 44.4 Å². The Bertz CT molecular complexity index is 1920. The van der Waals surface area contributed by atoms with E-state index in [1.165, 1.54) is 0 Å². The van der Waals surface area contributed by atoms with Gasteiger partial charge in [0.2, 0.25) is 11.5 Å². The van der Waals surface area contributed by atoms with Gasteiger partial charge in [-0.15, -0.1) is 0 Å². The first-order chi connectivity index (χ1) is 26.4. The van der Waals surface area contributed by atoms with Crippen molar-refractivity contribution in [1.29, 1.82) is 0 Å². The highest BCUT2D eigenvalue weighted by molar-refractivity contribution is 6.02. The van der Waals surface area contributed by atoms with E-state index in [9.17, 15) is 4.79 Å². The van der Waals surface area contributed by atoms with Crippen molar-refractivity contribution in [1.82, 2.24) is 5.32 Å². The minimum atomic E-state index is -0.374. The zero-order valence-corrected chi connectivity index (χ0v) is 31.5. The summed E-state index contributed by atoms with van der Waals surface area (Å²) in [5, 5.41) is 10.7. The summed E-state index contributed by atoms with van der Waals surface area (Å²) in [6, 6.07) is 20.6. The molecule has 2 heterocycles. The molecule has 0 spiro atoms. The number of benzene rings is 4. The molecule has 0 saturated carbocycles. The van der Waals surface area contributed by atoms with Crippen LogP contribution in [0.1, 0.15) is 71.4 Å². The Morgan fingerprint density at radius 3 is 1.89 bits per heavy atom. The number of para-hydroxylation sites is 1. The minimum absolute atomic E-state index is 0.121. The molecule has 1 amide bonds. The van der Waals surface area contributed by atoms with Crippen LogP contribution < -0.4 is 48.5 Å². The van der Waals surface area contributed by atoms with Crippen LogP contribution in [-0.2, 0) is 4.84 Å². The zero-order chi connectivity index (χ0) is 38.0. The number of anilines is 1. The van der Waals surface area contributed by atoms with Crippen molar-refractivity contribution >= 4 is 17.3 Å². The number of carbonyl (C=O) groups excluding carboxylic acids is 1. The third kappa shape index (κ3) is 8.30. The third-order valence-electron chi connectivity index (χ3n) is 9.33. The summed E-state index contributed by atoms with van der Waals surface area (Å²) >= 11 is 0. The molecular weight excluding hydrogens is 694 g/mol. The van der Waals surface area contributed by atoms with E-state index in [4.69, 9.17) is 42.7 Å². The summed E-state index contributed by atoms with van der Waals surface area (Å²) < 4.78 is 45.8. The first-order valence-electron chi connectivity index (χ1n) is 17.8. The van der Waals surface area contributed by atoms with Gasteiger partial charge in [0.25, 0.3) is 5.91 Å². The number of ether oxygens (including phenoxy) is 8. The Morgan fingerprint density at radius 1 is 0.630 bits per heavy atom. The Morgan fingerprint density at radius 2 is 1.24 bits per heavy atom. The number of fused-ring (bicyclic) bond motifs is 1. The molecule has 13 heteroatoms. The van der Waals surface area contributed by atoms with Gasteiger partial charge in [0.05, 0.1) is 67.1 Å². The van der Waals surface area contributed by atoms with Gasteiger partial charge >= 0.3 is 0 Å². The van der Waals surface area contributed by atoms with Crippen molar-refractivity contribution in [2.24, 2.45) is 5.16 Å². The number of carbonyl (C=O) groups is 1. The Kier molecular flexibility index (Phi) is 12.4. The average molecular weight is 742 g/mol. The van der Waals surface area contributed by atoms with Crippen LogP contribution in [0.4, 0.5) is 5.69 Å². The Balaban J connectivity index is 0.966. The van der Waals surface area contributed by atoms with Gasteiger partial charge in [0.15, 0.2) is 40.6 Å². The fourth-order valence-corrected chi connectivity index (χ4v) is 6.47. The van der Waals surface area contributed by atoms with Crippen molar-refractivity contribution < 1.29 is 47.5 Å². The smallest absolute Gasteiger partial charge is 0.255 e. The predicted octanol–water partition coefficient (Wildman–Crippen LogP) is 7.48. The third-order valence-corrected chi connectivity index (χ3v) is 9.33. The van der Waals surface area contributed by atoms with E-state index in [1.807, 2.05) is 60.7 Å². The van der Waals surface area contributed by atoms with Crippen molar-refractivity contribution in [3.8, 4) is 46.0 Å². The maximum atomic E-state index is 12.6. The molecule has 2 N–H and O–H groups in total. The van der Waals surface area contributed by atoms with Gasteiger partial charge in [0.1, 0.15) is 6.17 Å². The number of methoxy groups -OCH3 is 6. The second-order valence-electron chi connectivity index (χ2n) is 12.6. The first kappa shape index (κ1) is 37.8. The number of nitrogens with zero attached hydrogens (tertiary/aromatic N) is 1. The molecule has 0 fully saturated rings. The SMILES string of the molecule is COc1cc(C2NC(=O)c3ccccc3N2)ccc1OCCCCCCOc1c(OC)cc(C2CC(c3cc(OC)c(OC)c(OC)c3)=NO2)cc1OC. The van der Waals surface area contributed by atoms with E-state index in [0.29, 0.717) is 71.2 Å². The normalized spacial score (nSPS) is 15.8.